The van der Waals surface area contributed by atoms with Gasteiger partial charge in [0.2, 0.25) is 0 Å². The molecule has 0 aromatic rings. The molecule has 0 bridgehead atoms. The third-order valence-electron chi connectivity index (χ3n) is 4.28. The largest absolute Gasteiger partial charge is 0.312 e. The zero-order valence-corrected chi connectivity index (χ0v) is 11.9. The zero-order valence-electron chi connectivity index (χ0n) is 11.9. The smallest absolute Gasteiger partial charge is 0.0126 e. The van der Waals surface area contributed by atoms with Gasteiger partial charge in [0.1, 0.15) is 0 Å². The van der Waals surface area contributed by atoms with Crippen LogP contribution in [-0.2, 0) is 0 Å². The van der Waals surface area contributed by atoms with Crippen molar-refractivity contribution in [3.8, 4) is 0 Å². The molecule has 1 N–H and O–H groups in total. The van der Waals surface area contributed by atoms with Crippen LogP contribution >= 0.6 is 0 Å². The summed E-state index contributed by atoms with van der Waals surface area (Å²) in [6.45, 7) is 14.2. The third kappa shape index (κ3) is 3.43. The number of rotatable bonds is 4. The van der Waals surface area contributed by atoms with Crippen LogP contribution in [0.2, 0.25) is 0 Å². The molecule has 2 fully saturated rings. The lowest BCUT2D eigenvalue weighted by molar-refractivity contribution is 0.0336. The standard InChI is InChI=1S/C14H29N3/c1-11(2)15-13-9-14(10-13)17-7-5-16(6-8-17)12(3)4/h11-15H,5-10H2,1-4H3. The van der Waals surface area contributed by atoms with E-state index in [0.717, 1.165) is 12.1 Å². The molecule has 1 heterocycles. The topological polar surface area (TPSA) is 18.5 Å². The minimum absolute atomic E-state index is 0.638. The fourth-order valence-corrected chi connectivity index (χ4v) is 3.11. The van der Waals surface area contributed by atoms with Crippen molar-refractivity contribution in [1.29, 1.82) is 0 Å². The third-order valence-corrected chi connectivity index (χ3v) is 4.28. The van der Waals surface area contributed by atoms with Gasteiger partial charge in [-0.3, -0.25) is 9.80 Å². The second-order valence-corrected chi connectivity index (χ2v) is 6.31. The van der Waals surface area contributed by atoms with E-state index in [0.29, 0.717) is 12.1 Å². The molecule has 3 nitrogen and oxygen atoms in total. The molecular weight excluding hydrogens is 210 g/mol. The Hall–Kier alpha value is -0.120. The predicted octanol–water partition coefficient (Wildman–Crippen LogP) is 1.54. The molecule has 0 aromatic heterocycles. The number of hydrogen-bond acceptors (Lipinski definition) is 3. The molecule has 0 radical (unpaired) electrons. The zero-order chi connectivity index (χ0) is 12.4. The summed E-state index contributed by atoms with van der Waals surface area (Å²) in [7, 11) is 0. The monoisotopic (exact) mass is 239 g/mol. The van der Waals surface area contributed by atoms with Gasteiger partial charge in [-0.05, 0) is 26.7 Å². The molecule has 3 heteroatoms. The summed E-state index contributed by atoms with van der Waals surface area (Å²) in [6.07, 6.45) is 2.72. The minimum Gasteiger partial charge on any atom is -0.312 e. The number of piperazine rings is 1. The SMILES string of the molecule is CC(C)NC1CC(N2CCN(C(C)C)CC2)C1. The van der Waals surface area contributed by atoms with Crippen molar-refractivity contribution in [2.45, 2.75) is 64.7 Å². The maximum Gasteiger partial charge on any atom is 0.0126 e. The molecular formula is C14H29N3. The van der Waals surface area contributed by atoms with Gasteiger partial charge < -0.3 is 5.32 Å². The fraction of sp³-hybridized carbons (Fsp3) is 1.00. The van der Waals surface area contributed by atoms with Gasteiger partial charge in [0, 0.05) is 50.3 Å². The highest BCUT2D eigenvalue weighted by molar-refractivity contribution is 4.94. The molecule has 0 spiro atoms. The normalized spacial score (nSPS) is 32.1. The summed E-state index contributed by atoms with van der Waals surface area (Å²) in [5, 5.41) is 3.64. The average molecular weight is 239 g/mol. The van der Waals surface area contributed by atoms with E-state index in [2.05, 4.69) is 42.8 Å². The van der Waals surface area contributed by atoms with Crippen LogP contribution in [0.15, 0.2) is 0 Å². The fourth-order valence-electron chi connectivity index (χ4n) is 3.11. The Morgan fingerprint density at radius 2 is 1.53 bits per heavy atom. The van der Waals surface area contributed by atoms with Crippen molar-refractivity contribution in [2.24, 2.45) is 0 Å². The van der Waals surface area contributed by atoms with Crippen LogP contribution in [0.3, 0.4) is 0 Å². The van der Waals surface area contributed by atoms with E-state index in [-0.39, 0.29) is 0 Å². The van der Waals surface area contributed by atoms with Gasteiger partial charge in [-0.15, -0.1) is 0 Å². The Bertz CT molecular complexity index is 226. The highest BCUT2D eigenvalue weighted by Crippen LogP contribution is 2.27. The van der Waals surface area contributed by atoms with Gasteiger partial charge in [0.15, 0.2) is 0 Å². The van der Waals surface area contributed by atoms with E-state index in [4.69, 9.17) is 0 Å². The maximum absolute atomic E-state index is 3.64. The molecule has 1 aliphatic heterocycles. The van der Waals surface area contributed by atoms with E-state index >= 15 is 0 Å². The van der Waals surface area contributed by atoms with E-state index in [1.54, 1.807) is 0 Å². The van der Waals surface area contributed by atoms with Gasteiger partial charge in [0.25, 0.3) is 0 Å². The number of nitrogens with one attached hydrogen (secondary N) is 1. The first-order chi connectivity index (χ1) is 8.06. The highest BCUT2D eigenvalue weighted by Gasteiger charge is 2.35. The molecule has 0 atom stereocenters. The van der Waals surface area contributed by atoms with Crippen LogP contribution in [0.25, 0.3) is 0 Å². The van der Waals surface area contributed by atoms with Crippen molar-refractivity contribution in [3.63, 3.8) is 0 Å². The van der Waals surface area contributed by atoms with Crippen LogP contribution < -0.4 is 5.32 Å². The predicted molar refractivity (Wildman–Crippen MR) is 73.4 cm³/mol. The van der Waals surface area contributed by atoms with Gasteiger partial charge in [-0.25, -0.2) is 0 Å². The molecule has 0 aromatic carbocycles. The van der Waals surface area contributed by atoms with E-state index in [1.807, 2.05) is 0 Å². The summed E-state index contributed by atoms with van der Waals surface area (Å²) >= 11 is 0. The lowest BCUT2D eigenvalue weighted by Crippen LogP contribution is -2.59. The Labute approximate surface area is 107 Å². The summed E-state index contributed by atoms with van der Waals surface area (Å²) in [6, 6.07) is 3.00. The highest BCUT2D eigenvalue weighted by atomic mass is 15.3. The summed E-state index contributed by atoms with van der Waals surface area (Å²) < 4.78 is 0. The maximum atomic E-state index is 3.64. The van der Waals surface area contributed by atoms with Crippen molar-refractivity contribution in [1.82, 2.24) is 15.1 Å². The summed E-state index contributed by atoms with van der Waals surface area (Å²) in [4.78, 5) is 5.30. The molecule has 1 aliphatic carbocycles. The molecule has 0 amide bonds. The number of nitrogens with zero attached hydrogens (tertiary/aromatic N) is 2. The van der Waals surface area contributed by atoms with E-state index < -0.39 is 0 Å². The molecule has 2 aliphatic rings. The molecule has 0 unspecified atom stereocenters. The van der Waals surface area contributed by atoms with Crippen molar-refractivity contribution < 1.29 is 0 Å². The second-order valence-electron chi connectivity index (χ2n) is 6.31. The Balaban J connectivity index is 1.66. The lowest BCUT2D eigenvalue weighted by Gasteiger charge is -2.47. The van der Waals surface area contributed by atoms with E-state index in [1.165, 1.54) is 39.0 Å². The van der Waals surface area contributed by atoms with Crippen LogP contribution in [0.5, 0.6) is 0 Å². The molecule has 100 valence electrons. The van der Waals surface area contributed by atoms with Crippen LogP contribution in [0, 0.1) is 0 Å². The first-order valence-corrected chi connectivity index (χ1v) is 7.30. The van der Waals surface area contributed by atoms with Crippen LogP contribution in [-0.4, -0.2) is 60.1 Å². The Morgan fingerprint density at radius 3 is 2.00 bits per heavy atom. The Morgan fingerprint density at radius 1 is 0.941 bits per heavy atom. The van der Waals surface area contributed by atoms with Crippen LogP contribution in [0.1, 0.15) is 40.5 Å². The first-order valence-electron chi connectivity index (χ1n) is 7.30. The van der Waals surface area contributed by atoms with Crippen LogP contribution in [0.4, 0.5) is 0 Å². The summed E-state index contributed by atoms with van der Waals surface area (Å²) in [5.41, 5.74) is 0. The van der Waals surface area contributed by atoms with Crippen molar-refractivity contribution in [2.75, 3.05) is 26.2 Å². The molecule has 17 heavy (non-hydrogen) atoms. The minimum atomic E-state index is 0.638. The van der Waals surface area contributed by atoms with Gasteiger partial charge in [-0.1, -0.05) is 13.8 Å². The second kappa shape index (κ2) is 5.68. The molecule has 2 rings (SSSR count). The van der Waals surface area contributed by atoms with Gasteiger partial charge in [-0.2, -0.15) is 0 Å². The molecule has 1 saturated heterocycles. The van der Waals surface area contributed by atoms with E-state index in [9.17, 15) is 0 Å². The van der Waals surface area contributed by atoms with Crippen molar-refractivity contribution >= 4 is 0 Å². The Kier molecular flexibility index (Phi) is 4.45. The van der Waals surface area contributed by atoms with Gasteiger partial charge >= 0.3 is 0 Å². The van der Waals surface area contributed by atoms with Crippen molar-refractivity contribution in [3.05, 3.63) is 0 Å². The summed E-state index contributed by atoms with van der Waals surface area (Å²) in [5.74, 6) is 0. The molecule has 1 saturated carbocycles. The average Bonchev–Trinajstić information content (AvgIpc) is 2.23. The van der Waals surface area contributed by atoms with Gasteiger partial charge in [0.05, 0.1) is 0 Å². The lowest BCUT2D eigenvalue weighted by atomic mass is 9.84. The first kappa shape index (κ1) is 13.3. The quantitative estimate of drug-likeness (QED) is 0.803. The number of hydrogen-bond donors (Lipinski definition) is 1.